The molecule has 0 bridgehead atoms. The lowest BCUT2D eigenvalue weighted by Gasteiger charge is -2.13. The highest BCUT2D eigenvalue weighted by atomic mass is 35.5. The Hall–Kier alpha value is -1.98. The molecule has 1 N–H and O–H groups in total. The number of methoxy groups -OCH3 is 1. The minimum Gasteiger partial charge on any atom is -1.00 e. The van der Waals surface area contributed by atoms with Crippen LogP contribution < -0.4 is 27.2 Å². The van der Waals surface area contributed by atoms with E-state index in [-0.39, 0.29) is 12.4 Å². The molecular weight excluding hydrogens is 419 g/mol. The van der Waals surface area contributed by atoms with E-state index in [1.54, 1.807) is 25.4 Å². The Morgan fingerprint density at radius 1 is 0.964 bits per heavy atom. The summed E-state index contributed by atoms with van der Waals surface area (Å²) in [4.78, 5) is 4.30. The summed E-state index contributed by atoms with van der Waals surface area (Å²) in [5.74, 6) is 1.34. The van der Waals surface area contributed by atoms with Crippen molar-refractivity contribution in [3.63, 3.8) is 0 Å². The summed E-state index contributed by atoms with van der Waals surface area (Å²) in [5.41, 5.74) is 2.97. The molecule has 0 spiro atoms. The first-order chi connectivity index (χ1) is 13.2. The van der Waals surface area contributed by atoms with Crippen molar-refractivity contribution in [2.75, 3.05) is 7.11 Å². The molecule has 1 aromatic heterocycles. The van der Waals surface area contributed by atoms with Crippen LogP contribution in [0.15, 0.2) is 60.8 Å². The van der Waals surface area contributed by atoms with E-state index >= 15 is 0 Å². The Kier molecular flexibility index (Phi) is 8.87. The van der Waals surface area contributed by atoms with Gasteiger partial charge in [-0.05, 0) is 42.0 Å². The summed E-state index contributed by atoms with van der Waals surface area (Å²) in [6.07, 6.45) is 1.79. The molecule has 7 heteroatoms. The lowest BCUT2D eigenvalue weighted by molar-refractivity contribution is -0.00000594. The number of halogens is 3. The van der Waals surface area contributed by atoms with Crippen LogP contribution in [0.2, 0.25) is 10.0 Å². The molecule has 0 aliphatic heterocycles. The molecule has 0 unspecified atom stereocenters. The molecule has 0 aliphatic carbocycles. The van der Waals surface area contributed by atoms with Crippen molar-refractivity contribution in [2.24, 2.45) is 0 Å². The number of aromatic nitrogens is 1. The smallest absolute Gasteiger partial charge is 0.161 e. The lowest BCUT2D eigenvalue weighted by Crippen LogP contribution is -3.00. The van der Waals surface area contributed by atoms with Crippen LogP contribution in [0.4, 0.5) is 0 Å². The molecule has 4 nitrogen and oxygen atoms in total. The van der Waals surface area contributed by atoms with Gasteiger partial charge in [0.25, 0.3) is 0 Å². The normalized spacial score (nSPS) is 10.2. The van der Waals surface area contributed by atoms with Crippen LogP contribution in [-0.2, 0) is 19.7 Å². The molecular formula is C21H20Cl3N2O2-. The summed E-state index contributed by atoms with van der Waals surface area (Å²) in [6.45, 7) is 1.75. The van der Waals surface area contributed by atoms with Crippen LogP contribution in [0.5, 0.6) is 11.5 Å². The van der Waals surface area contributed by atoms with Crippen LogP contribution in [0.3, 0.4) is 0 Å². The monoisotopic (exact) mass is 437 g/mol. The minimum atomic E-state index is 0. The molecule has 0 atom stereocenters. The molecule has 0 fully saturated rings. The fourth-order valence-electron chi connectivity index (χ4n) is 2.57. The third kappa shape index (κ3) is 6.28. The Morgan fingerprint density at radius 2 is 1.82 bits per heavy atom. The molecule has 148 valence electrons. The van der Waals surface area contributed by atoms with Gasteiger partial charge in [0, 0.05) is 34.9 Å². The molecule has 28 heavy (non-hydrogen) atoms. The molecule has 0 radical (unpaired) electrons. The Labute approximate surface area is 181 Å². The maximum absolute atomic E-state index is 6.19. The first kappa shape index (κ1) is 22.3. The van der Waals surface area contributed by atoms with E-state index in [4.69, 9.17) is 32.7 Å². The van der Waals surface area contributed by atoms with Gasteiger partial charge in [-0.1, -0.05) is 41.4 Å². The molecule has 0 saturated carbocycles. The van der Waals surface area contributed by atoms with E-state index in [1.165, 1.54) is 0 Å². The number of nitrogens with zero attached hydrogens (tertiary/aromatic N) is 1. The average molecular weight is 439 g/mol. The van der Waals surface area contributed by atoms with E-state index in [9.17, 15) is 0 Å². The molecule has 3 aromatic rings. The molecule has 2 aromatic carbocycles. The Bertz CT molecular complexity index is 892. The van der Waals surface area contributed by atoms with Gasteiger partial charge in [-0.2, -0.15) is 0 Å². The van der Waals surface area contributed by atoms with Crippen molar-refractivity contribution in [1.82, 2.24) is 10.3 Å². The van der Waals surface area contributed by atoms with Crippen molar-refractivity contribution in [3.05, 3.63) is 87.7 Å². The second kappa shape index (κ2) is 11.1. The van der Waals surface area contributed by atoms with Gasteiger partial charge in [-0.15, -0.1) is 0 Å². The summed E-state index contributed by atoms with van der Waals surface area (Å²) < 4.78 is 11.3. The number of ether oxygens (including phenoxy) is 2. The Balaban J connectivity index is 0.00000280. The zero-order chi connectivity index (χ0) is 19.1. The largest absolute Gasteiger partial charge is 1.00 e. The molecule has 0 saturated heterocycles. The zero-order valence-corrected chi connectivity index (χ0v) is 17.6. The van der Waals surface area contributed by atoms with E-state index < -0.39 is 0 Å². The third-order valence-electron chi connectivity index (χ3n) is 3.99. The van der Waals surface area contributed by atoms with E-state index in [0.29, 0.717) is 41.2 Å². The summed E-state index contributed by atoms with van der Waals surface area (Å²) >= 11 is 12.1. The van der Waals surface area contributed by atoms with Gasteiger partial charge < -0.3 is 27.2 Å². The highest BCUT2D eigenvalue weighted by Gasteiger charge is 2.08. The predicted octanol–water partition coefficient (Wildman–Crippen LogP) is 2.27. The van der Waals surface area contributed by atoms with Gasteiger partial charge in [0.15, 0.2) is 11.5 Å². The maximum Gasteiger partial charge on any atom is 0.161 e. The Morgan fingerprint density at radius 3 is 2.54 bits per heavy atom. The first-order valence-corrected chi connectivity index (χ1v) is 9.25. The van der Waals surface area contributed by atoms with E-state index in [2.05, 4.69) is 10.3 Å². The van der Waals surface area contributed by atoms with Crippen LogP contribution in [0.1, 0.15) is 16.8 Å². The van der Waals surface area contributed by atoms with Gasteiger partial charge >= 0.3 is 0 Å². The number of hydrogen-bond acceptors (Lipinski definition) is 4. The van der Waals surface area contributed by atoms with Gasteiger partial charge in [-0.3, -0.25) is 4.98 Å². The number of pyridine rings is 1. The fourth-order valence-corrected chi connectivity index (χ4v) is 3.04. The van der Waals surface area contributed by atoms with E-state index in [0.717, 1.165) is 16.8 Å². The fraction of sp³-hybridized carbons (Fsp3) is 0.190. The second-order valence-corrected chi connectivity index (χ2v) is 6.78. The second-order valence-electron chi connectivity index (χ2n) is 5.93. The van der Waals surface area contributed by atoms with Gasteiger partial charge in [0.1, 0.15) is 6.61 Å². The van der Waals surface area contributed by atoms with Crippen LogP contribution in [0, 0.1) is 0 Å². The SMILES string of the molecule is COc1cc(CNCc2ccccn2)ccc1OCc1ccc(Cl)cc1Cl.[Cl-]. The zero-order valence-electron chi connectivity index (χ0n) is 15.3. The molecule has 0 amide bonds. The topological polar surface area (TPSA) is 43.4 Å². The van der Waals surface area contributed by atoms with Crippen LogP contribution >= 0.6 is 23.2 Å². The van der Waals surface area contributed by atoms with E-state index in [1.807, 2.05) is 42.5 Å². The van der Waals surface area contributed by atoms with Crippen molar-refractivity contribution in [3.8, 4) is 11.5 Å². The number of rotatable bonds is 8. The predicted molar refractivity (Wildman–Crippen MR) is 109 cm³/mol. The number of benzene rings is 2. The van der Waals surface area contributed by atoms with Crippen LogP contribution in [-0.4, -0.2) is 12.1 Å². The van der Waals surface area contributed by atoms with Crippen molar-refractivity contribution >= 4 is 23.2 Å². The summed E-state index contributed by atoms with van der Waals surface area (Å²) in [5, 5.41) is 4.55. The maximum atomic E-state index is 6.19. The average Bonchev–Trinajstić information content (AvgIpc) is 2.68. The van der Waals surface area contributed by atoms with Gasteiger partial charge in [0.2, 0.25) is 0 Å². The molecule has 1 heterocycles. The molecule has 0 aliphatic rings. The quantitative estimate of drug-likeness (QED) is 0.586. The van der Waals surface area contributed by atoms with Gasteiger partial charge in [0.05, 0.1) is 12.8 Å². The van der Waals surface area contributed by atoms with Crippen molar-refractivity contribution in [2.45, 2.75) is 19.7 Å². The van der Waals surface area contributed by atoms with Crippen LogP contribution in [0.25, 0.3) is 0 Å². The highest BCUT2D eigenvalue weighted by Crippen LogP contribution is 2.30. The summed E-state index contributed by atoms with van der Waals surface area (Å²) in [7, 11) is 1.63. The molecule has 3 rings (SSSR count). The number of hydrogen-bond donors (Lipinski definition) is 1. The third-order valence-corrected chi connectivity index (χ3v) is 4.57. The van der Waals surface area contributed by atoms with Crippen molar-refractivity contribution < 1.29 is 21.9 Å². The highest BCUT2D eigenvalue weighted by molar-refractivity contribution is 6.35. The lowest BCUT2D eigenvalue weighted by atomic mass is 10.2. The van der Waals surface area contributed by atoms with Crippen molar-refractivity contribution in [1.29, 1.82) is 0 Å². The number of nitrogens with one attached hydrogen (secondary N) is 1. The minimum absolute atomic E-state index is 0. The van der Waals surface area contributed by atoms with Gasteiger partial charge in [-0.25, -0.2) is 0 Å². The standard InChI is InChI=1S/C21H20Cl2N2O2.ClH/c1-26-21-10-15(12-24-13-18-4-2-3-9-25-18)5-8-20(21)27-14-16-6-7-17(22)11-19(16)23;/h2-11,24H,12-14H2,1H3;1H/p-1. The summed E-state index contributed by atoms with van der Waals surface area (Å²) in [6, 6.07) is 17.1. The first-order valence-electron chi connectivity index (χ1n) is 8.50.